The Morgan fingerprint density at radius 2 is 1.78 bits per heavy atom. The van der Waals surface area contributed by atoms with Gasteiger partial charge in [-0.15, -0.1) is 0 Å². The number of aromatic nitrogens is 2. The van der Waals surface area contributed by atoms with Crippen molar-refractivity contribution in [3.05, 3.63) is 53.7 Å². The van der Waals surface area contributed by atoms with E-state index in [9.17, 15) is 13.2 Å². The molecule has 3 rings (SSSR count). The number of rotatable bonds is 3. The number of alkyl halides is 3. The molecule has 0 spiro atoms. The molecular weight excluding hydrogens is 347 g/mol. The molecule has 0 aliphatic rings. The van der Waals surface area contributed by atoms with E-state index >= 15 is 0 Å². The van der Waals surface area contributed by atoms with Crippen molar-refractivity contribution in [1.82, 2.24) is 9.97 Å². The lowest BCUT2D eigenvalue weighted by Crippen LogP contribution is -1.99. The topological polar surface area (TPSA) is 37.8 Å². The second-order valence-corrected chi connectivity index (χ2v) is 6.11. The molecule has 0 aliphatic heterocycles. The van der Waals surface area contributed by atoms with Gasteiger partial charge in [-0.25, -0.2) is 9.97 Å². The van der Waals surface area contributed by atoms with Gasteiger partial charge in [0, 0.05) is 22.2 Å². The molecule has 1 heterocycles. The van der Waals surface area contributed by atoms with E-state index < -0.39 is 5.51 Å². The molecule has 0 atom stereocenters. The smallest absolute Gasteiger partial charge is 0.324 e. The van der Waals surface area contributed by atoms with Gasteiger partial charge in [-0.1, -0.05) is 23.7 Å². The van der Waals surface area contributed by atoms with Crippen LogP contribution < -0.4 is 5.32 Å². The Kier molecular flexibility index (Phi) is 4.32. The first-order valence-corrected chi connectivity index (χ1v) is 7.64. The van der Waals surface area contributed by atoms with Gasteiger partial charge in [-0.2, -0.15) is 13.2 Å². The summed E-state index contributed by atoms with van der Waals surface area (Å²) in [5, 5.41) is 4.25. The molecule has 3 aromatic rings. The lowest BCUT2D eigenvalue weighted by atomic mass is 10.2. The minimum absolute atomic E-state index is 0.116. The van der Waals surface area contributed by atoms with Crippen LogP contribution in [0.3, 0.4) is 0 Å². The number of benzene rings is 2. The molecule has 23 heavy (non-hydrogen) atoms. The van der Waals surface area contributed by atoms with Gasteiger partial charge in [0.1, 0.15) is 0 Å². The Morgan fingerprint density at radius 1 is 1.04 bits per heavy atom. The maximum Gasteiger partial charge on any atom is 0.446 e. The van der Waals surface area contributed by atoms with Crippen LogP contribution in [-0.2, 0) is 0 Å². The third-order valence-electron chi connectivity index (χ3n) is 2.91. The van der Waals surface area contributed by atoms with Crippen molar-refractivity contribution >= 4 is 45.9 Å². The first-order chi connectivity index (χ1) is 10.9. The van der Waals surface area contributed by atoms with Crippen LogP contribution in [0.5, 0.6) is 0 Å². The fraction of sp³-hybridized carbons (Fsp3) is 0.0667. The number of hydrogen-bond acceptors (Lipinski definition) is 4. The van der Waals surface area contributed by atoms with Crippen LogP contribution in [0.1, 0.15) is 0 Å². The predicted octanol–water partition coefficient (Wildman–Crippen LogP) is 5.64. The summed E-state index contributed by atoms with van der Waals surface area (Å²) in [6.07, 6.45) is 1.63. The fourth-order valence-corrected chi connectivity index (χ4v) is 2.71. The highest BCUT2D eigenvalue weighted by Gasteiger charge is 2.28. The summed E-state index contributed by atoms with van der Waals surface area (Å²) in [5.74, 6) is 0.321. The minimum atomic E-state index is -4.30. The Hall–Kier alpha value is -1.99. The summed E-state index contributed by atoms with van der Waals surface area (Å²) < 4.78 is 36.9. The number of fused-ring (bicyclic) bond motifs is 1. The monoisotopic (exact) mass is 355 g/mol. The summed E-state index contributed by atoms with van der Waals surface area (Å²) in [6.45, 7) is 0. The van der Waals surface area contributed by atoms with E-state index in [4.69, 9.17) is 11.6 Å². The quantitative estimate of drug-likeness (QED) is 0.617. The Morgan fingerprint density at radius 3 is 2.48 bits per heavy atom. The third kappa shape index (κ3) is 4.05. The molecule has 0 amide bonds. The van der Waals surface area contributed by atoms with E-state index in [0.717, 1.165) is 5.39 Å². The van der Waals surface area contributed by atoms with Crippen molar-refractivity contribution in [2.75, 3.05) is 5.32 Å². The van der Waals surface area contributed by atoms with Gasteiger partial charge in [0.05, 0.1) is 10.5 Å². The average Bonchev–Trinajstić information content (AvgIpc) is 2.49. The number of nitrogens with one attached hydrogen (secondary N) is 1. The largest absolute Gasteiger partial charge is 0.446 e. The van der Waals surface area contributed by atoms with Crippen LogP contribution in [0.25, 0.3) is 10.9 Å². The summed E-state index contributed by atoms with van der Waals surface area (Å²) in [5.41, 5.74) is -3.11. The second kappa shape index (κ2) is 6.25. The molecule has 1 aromatic heterocycles. The van der Waals surface area contributed by atoms with Crippen LogP contribution in [0.4, 0.5) is 24.8 Å². The Balaban J connectivity index is 1.80. The predicted molar refractivity (Wildman–Crippen MR) is 86.2 cm³/mol. The van der Waals surface area contributed by atoms with Gasteiger partial charge in [0.2, 0.25) is 5.95 Å². The summed E-state index contributed by atoms with van der Waals surface area (Å²) >= 11 is 5.93. The number of hydrogen-bond donors (Lipinski definition) is 1. The SMILES string of the molecule is FC(F)(F)Sc1ccc(Nc2ncc3cccc(Cl)c3n2)cc1. The zero-order chi connectivity index (χ0) is 16.4. The van der Waals surface area contributed by atoms with Crippen molar-refractivity contribution in [3.63, 3.8) is 0 Å². The molecule has 0 aliphatic carbocycles. The number of halogens is 4. The summed E-state index contributed by atoms with van der Waals surface area (Å²) in [7, 11) is 0. The van der Waals surface area contributed by atoms with Crippen LogP contribution in [0.15, 0.2) is 53.6 Å². The highest BCUT2D eigenvalue weighted by molar-refractivity contribution is 8.00. The van der Waals surface area contributed by atoms with Gasteiger partial charge >= 0.3 is 5.51 Å². The van der Waals surface area contributed by atoms with Crippen LogP contribution in [-0.4, -0.2) is 15.5 Å². The van der Waals surface area contributed by atoms with Gasteiger partial charge in [-0.3, -0.25) is 0 Å². The number of para-hydroxylation sites is 1. The highest BCUT2D eigenvalue weighted by atomic mass is 35.5. The molecule has 8 heteroatoms. The first kappa shape index (κ1) is 15.9. The Bertz CT molecular complexity index is 837. The lowest BCUT2D eigenvalue weighted by Gasteiger charge is -2.08. The van der Waals surface area contributed by atoms with E-state index in [2.05, 4.69) is 15.3 Å². The molecule has 0 radical (unpaired) electrons. The molecule has 1 N–H and O–H groups in total. The van der Waals surface area contributed by atoms with E-state index in [1.165, 1.54) is 24.3 Å². The van der Waals surface area contributed by atoms with Gasteiger partial charge in [-0.05, 0) is 42.1 Å². The normalized spacial score (nSPS) is 11.7. The second-order valence-electron chi connectivity index (χ2n) is 4.57. The van der Waals surface area contributed by atoms with Crippen molar-refractivity contribution in [3.8, 4) is 0 Å². The van der Waals surface area contributed by atoms with Crippen LogP contribution >= 0.6 is 23.4 Å². The minimum Gasteiger partial charge on any atom is -0.324 e. The van der Waals surface area contributed by atoms with Gasteiger partial charge < -0.3 is 5.32 Å². The van der Waals surface area contributed by atoms with Crippen molar-refractivity contribution < 1.29 is 13.2 Å². The molecular formula is C15H9ClF3N3S. The number of nitrogens with zero attached hydrogens (tertiary/aromatic N) is 2. The molecule has 0 bridgehead atoms. The molecule has 0 fully saturated rings. The van der Waals surface area contributed by atoms with E-state index in [0.29, 0.717) is 22.2 Å². The van der Waals surface area contributed by atoms with Crippen molar-refractivity contribution in [1.29, 1.82) is 0 Å². The van der Waals surface area contributed by atoms with E-state index in [1.54, 1.807) is 18.3 Å². The first-order valence-electron chi connectivity index (χ1n) is 6.45. The van der Waals surface area contributed by atoms with Crippen LogP contribution in [0, 0.1) is 0 Å². The lowest BCUT2D eigenvalue weighted by molar-refractivity contribution is -0.0328. The van der Waals surface area contributed by atoms with Crippen molar-refractivity contribution in [2.24, 2.45) is 0 Å². The van der Waals surface area contributed by atoms with Gasteiger partial charge in [0.25, 0.3) is 0 Å². The summed E-state index contributed by atoms with van der Waals surface area (Å²) in [6, 6.07) is 11.2. The number of anilines is 2. The molecule has 2 aromatic carbocycles. The standard InChI is InChI=1S/C15H9ClF3N3S/c16-12-3-1-2-9-8-20-14(22-13(9)12)21-10-4-6-11(7-5-10)23-15(17,18)19/h1-8H,(H,20,21,22). The third-order valence-corrected chi connectivity index (χ3v) is 3.95. The molecule has 0 unspecified atom stereocenters. The molecule has 0 saturated heterocycles. The molecule has 118 valence electrons. The maximum atomic E-state index is 12.3. The van der Waals surface area contributed by atoms with Crippen molar-refractivity contribution in [2.45, 2.75) is 10.4 Å². The Labute approximate surface area is 138 Å². The van der Waals surface area contributed by atoms with E-state index in [1.807, 2.05) is 6.07 Å². The average molecular weight is 356 g/mol. The zero-order valence-electron chi connectivity index (χ0n) is 11.4. The fourth-order valence-electron chi connectivity index (χ4n) is 1.95. The van der Waals surface area contributed by atoms with Gasteiger partial charge in [0.15, 0.2) is 0 Å². The number of thioether (sulfide) groups is 1. The zero-order valence-corrected chi connectivity index (χ0v) is 13.0. The highest BCUT2D eigenvalue weighted by Crippen LogP contribution is 2.37. The van der Waals surface area contributed by atoms with Crippen LogP contribution in [0.2, 0.25) is 5.02 Å². The summed E-state index contributed by atoms with van der Waals surface area (Å²) in [4.78, 5) is 8.59. The molecule has 3 nitrogen and oxygen atoms in total. The molecule has 0 saturated carbocycles. The van der Waals surface area contributed by atoms with E-state index in [-0.39, 0.29) is 16.7 Å². The maximum absolute atomic E-state index is 12.3.